The zero-order valence-corrected chi connectivity index (χ0v) is 17.7. The molecule has 4 fully saturated rings. The van der Waals surface area contributed by atoms with Gasteiger partial charge >= 0.3 is 5.97 Å². The zero-order valence-electron chi connectivity index (χ0n) is 17.7. The number of esters is 1. The van der Waals surface area contributed by atoms with E-state index in [1.165, 1.54) is 10.5 Å². The van der Waals surface area contributed by atoms with Crippen LogP contribution < -0.4 is 0 Å². The van der Waals surface area contributed by atoms with Crippen molar-refractivity contribution in [2.45, 2.75) is 65.2 Å². The van der Waals surface area contributed by atoms with E-state index in [-0.39, 0.29) is 34.9 Å². The van der Waals surface area contributed by atoms with E-state index >= 15 is 0 Å². The van der Waals surface area contributed by atoms with Gasteiger partial charge < -0.3 is 14.7 Å². The van der Waals surface area contributed by atoms with Crippen LogP contribution in [0.25, 0.3) is 0 Å². The molecule has 3 heterocycles. The Morgan fingerprint density at radius 2 is 1.97 bits per heavy atom. The van der Waals surface area contributed by atoms with Crippen molar-refractivity contribution in [3.05, 3.63) is 11.6 Å². The Balaban J connectivity index is 1.53. The molecule has 3 aliphatic heterocycles. The Morgan fingerprint density at radius 1 is 1.24 bits per heavy atom. The maximum atomic E-state index is 13.9. The summed E-state index contributed by atoms with van der Waals surface area (Å²) in [6.45, 7) is 8.98. The summed E-state index contributed by atoms with van der Waals surface area (Å²) in [6.07, 6.45) is 4.78. The third-order valence-electron chi connectivity index (χ3n) is 8.86. The quantitative estimate of drug-likeness (QED) is 0.436. The summed E-state index contributed by atoms with van der Waals surface area (Å²) in [5.41, 5.74) is -0.498. The third kappa shape index (κ3) is 2.30. The molecule has 0 bridgehead atoms. The molecule has 1 saturated carbocycles. The van der Waals surface area contributed by atoms with Gasteiger partial charge in [-0.1, -0.05) is 38.8 Å². The fourth-order valence-electron chi connectivity index (χ4n) is 7.43. The lowest BCUT2D eigenvalue weighted by Crippen LogP contribution is -2.50. The van der Waals surface area contributed by atoms with Crippen molar-refractivity contribution >= 4 is 17.7 Å². The number of fused-ring (bicyclic) bond motifs is 1. The molecule has 0 unspecified atom stereocenters. The number of allylic oxidation sites excluding steroid dienone is 2. The highest BCUT2D eigenvalue weighted by molar-refractivity contribution is 6.07. The van der Waals surface area contributed by atoms with Gasteiger partial charge in [0.05, 0.1) is 0 Å². The highest BCUT2D eigenvalue weighted by Crippen LogP contribution is 2.57. The predicted octanol–water partition coefficient (Wildman–Crippen LogP) is 2.30. The highest BCUT2D eigenvalue weighted by atomic mass is 16.6. The predicted molar refractivity (Wildman–Crippen MR) is 104 cm³/mol. The maximum Gasteiger partial charge on any atom is 0.314 e. The first-order valence-electron chi connectivity index (χ1n) is 11.1. The van der Waals surface area contributed by atoms with Gasteiger partial charge in [-0.15, -0.1) is 0 Å². The number of hydrogen-bond donors (Lipinski definition) is 1. The molecule has 5 aliphatic rings. The van der Waals surface area contributed by atoms with E-state index in [1.807, 2.05) is 0 Å². The normalized spacial score (nSPS) is 50.9. The van der Waals surface area contributed by atoms with Crippen LogP contribution in [0.4, 0.5) is 0 Å². The Kier molecular flexibility index (Phi) is 3.94. The topological polar surface area (TPSA) is 83.9 Å². The van der Waals surface area contributed by atoms with Crippen molar-refractivity contribution in [3.8, 4) is 0 Å². The molecule has 1 amide bonds. The molecule has 5 rings (SSSR count). The smallest absolute Gasteiger partial charge is 0.314 e. The lowest BCUT2D eigenvalue weighted by Gasteiger charge is -2.51. The lowest BCUT2D eigenvalue weighted by atomic mass is 9.52. The summed E-state index contributed by atoms with van der Waals surface area (Å²) >= 11 is 0. The number of ether oxygens (including phenoxy) is 1. The number of carbonyl (C=O) groups is 3. The summed E-state index contributed by atoms with van der Waals surface area (Å²) in [5, 5.41) is 11.2. The number of rotatable bonds is 2. The van der Waals surface area contributed by atoms with Crippen molar-refractivity contribution in [2.75, 3.05) is 6.54 Å². The molecule has 6 heteroatoms. The monoisotopic (exact) mass is 401 g/mol. The third-order valence-corrected chi connectivity index (χ3v) is 8.86. The maximum absolute atomic E-state index is 13.9. The number of amides is 1. The van der Waals surface area contributed by atoms with Gasteiger partial charge in [0.15, 0.2) is 17.6 Å². The Morgan fingerprint density at radius 3 is 2.69 bits per heavy atom. The molecule has 3 saturated heterocycles. The van der Waals surface area contributed by atoms with Gasteiger partial charge in [-0.2, -0.15) is 0 Å². The number of carbonyl (C=O) groups excluding carboxylic acids is 3. The molecule has 9 atom stereocenters. The van der Waals surface area contributed by atoms with Gasteiger partial charge in [0.25, 0.3) is 0 Å². The van der Waals surface area contributed by atoms with Crippen LogP contribution in [0, 0.1) is 40.9 Å². The summed E-state index contributed by atoms with van der Waals surface area (Å²) in [7, 11) is 0. The molecule has 0 radical (unpaired) electrons. The van der Waals surface area contributed by atoms with E-state index in [2.05, 4.69) is 33.8 Å². The Hall–Kier alpha value is -1.69. The molecule has 29 heavy (non-hydrogen) atoms. The molecule has 0 spiro atoms. The van der Waals surface area contributed by atoms with Gasteiger partial charge in [0.2, 0.25) is 5.91 Å². The minimum Gasteiger partial charge on any atom is -0.455 e. The van der Waals surface area contributed by atoms with E-state index in [0.29, 0.717) is 18.9 Å². The highest BCUT2D eigenvalue weighted by Gasteiger charge is 2.74. The first kappa shape index (κ1) is 19.3. The number of hydrogen-bond acceptors (Lipinski definition) is 5. The fourth-order valence-corrected chi connectivity index (χ4v) is 7.43. The minimum absolute atomic E-state index is 0.0415. The van der Waals surface area contributed by atoms with E-state index in [9.17, 15) is 19.5 Å². The van der Waals surface area contributed by atoms with Crippen molar-refractivity contribution in [1.82, 2.24) is 4.90 Å². The summed E-state index contributed by atoms with van der Waals surface area (Å²) in [6, 6.07) is 0. The first-order chi connectivity index (χ1) is 13.6. The molecule has 2 aliphatic carbocycles. The molecule has 0 aromatic carbocycles. The standard InChI is InChI=1S/C23H31NO5/c1-11-5-6-14-16(13(3)12(2)10-22(14,4)9-11)18(25)17-19-23(28)15(21(27)29-19)7-8-24(23)20(17)26/h10-11,13-17,19,28H,5-9H2,1-4H3/t11-,13+,14+,15+,16+,17-,19+,22-,23-/m0/s1. The average Bonchev–Trinajstić information content (AvgIpc) is 3.18. The summed E-state index contributed by atoms with van der Waals surface area (Å²) in [5.74, 6) is -2.22. The van der Waals surface area contributed by atoms with Crippen molar-refractivity contribution in [2.24, 2.45) is 40.9 Å². The van der Waals surface area contributed by atoms with E-state index < -0.39 is 29.6 Å². The second-order valence-electron chi connectivity index (χ2n) is 10.6. The second-order valence-corrected chi connectivity index (χ2v) is 10.6. The minimum atomic E-state index is -1.64. The summed E-state index contributed by atoms with van der Waals surface area (Å²) in [4.78, 5) is 40.8. The Labute approximate surface area is 171 Å². The number of Topliss-reactive ketones (excluding diaryl/α,β-unsaturated/α-hetero) is 1. The van der Waals surface area contributed by atoms with Gasteiger partial charge in [-0.05, 0) is 49.4 Å². The van der Waals surface area contributed by atoms with Gasteiger partial charge in [0, 0.05) is 12.5 Å². The lowest BCUT2D eigenvalue weighted by molar-refractivity contribution is -0.151. The molecule has 6 nitrogen and oxygen atoms in total. The van der Waals surface area contributed by atoms with Gasteiger partial charge in [-0.25, -0.2) is 0 Å². The number of aliphatic hydroxyl groups is 1. The molecule has 0 aromatic heterocycles. The summed E-state index contributed by atoms with van der Waals surface area (Å²) < 4.78 is 5.47. The van der Waals surface area contributed by atoms with Gasteiger partial charge in [-0.3, -0.25) is 14.4 Å². The average molecular weight is 402 g/mol. The second kappa shape index (κ2) is 5.93. The van der Waals surface area contributed by atoms with Crippen LogP contribution >= 0.6 is 0 Å². The van der Waals surface area contributed by atoms with Crippen LogP contribution in [0.2, 0.25) is 0 Å². The van der Waals surface area contributed by atoms with E-state index in [1.54, 1.807) is 0 Å². The molecular formula is C23H31NO5. The van der Waals surface area contributed by atoms with Crippen LogP contribution in [0.1, 0.15) is 53.4 Å². The SMILES string of the molecule is CC1=C[C@]2(C)C[C@@H](C)CC[C@@H]2[C@H](C(=O)[C@@H]2C(=O)N3CC[C@@H]4C(=O)O[C@H]2[C@@]43O)[C@@H]1C. The van der Waals surface area contributed by atoms with Crippen molar-refractivity contribution < 1.29 is 24.2 Å². The van der Waals surface area contributed by atoms with Crippen LogP contribution in [-0.2, 0) is 19.1 Å². The van der Waals surface area contributed by atoms with E-state index in [4.69, 9.17) is 4.74 Å². The molecule has 158 valence electrons. The van der Waals surface area contributed by atoms with Crippen LogP contribution in [-0.4, -0.2) is 46.0 Å². The zero-order chi connectivity index (χ0) is 20.9. The number of ketones is 1. The first-order valence-corrected chi connectivity index (χ1v) is 11.1. The molecule has 1 N–H and O–H groups in total. The molecular weight excluding hydrogens is 370 g/mol. The van der Waals surface area contributed by atoms with Crippen molar-refractivity contribution in [1.29, 1.82) is 0 Å². The van der Waals surface area contributed by atoms with Gasteiger partial charge in [0.1, 0.15) is 11.8 Å². The van der Waals surface area contributed by atoms with Crippen LogP contribution in [0.3, 0.4) is 0 Å². The number of nitrogens with zero attached hydrogens (tertiary/aromatic N) is 1. The fraction of sp³-hybridized carbons (Fsp3) is 0.783. The van der Waals surface area contributed by atoms with E-state index in [0.717, 1.165) is 19.3 Å². The van der Waals surface area contributed by atoms with Crippen LogP contribution in [0.15, 0.2) is 11.6 Å². The largest absolute Gasteiger partial charge is 0.455 e. The Bertz CT molecular complexity index is 835. The van der Waals surface area contributed by atoms with Crippen LogP contribution in [0.5, 0.6) is 0 Å². The van der Waals surface area contributed by atoms with Crippen molar-refractivity contribution in [3.63, 3.8) is 0 Å². The molecule has 0 aromatic rings.